The van der Waals surface area contributed by atoms with Gasteiger partial charge in [0.25, 0.3) is 11.5 Å². The number of para-hydroxylation sites is 1. The van der Waals surface area contributed by atoms with E-state index < -0.39 is 0 Å². The van der Waals surface area contributed by atoms with Crippen molar-refractivity contribution in [2.45, 2.75) is 20.4 Å². The highest BCUT2D eigenvalue weighted by molar-refractivity contribution is 7.71. The molecule has 1 aromatic heterocycles. The highest BCUT2D eigenvalue weighted by atomic mass is 32.1. The number of ether oxygens (including phenoxy) is 1. The van der Waals surface area contributed by atoms with Gasteiger partial charge in [-0.3, -0.25) is 14.2 Å². The number of fused-ring (bicyclic) bond motifs is 1. The SMILES string of the molecule is CCN(CC)CCNC(=O)c1ccc2c(=O)n(Cc3ccccc3OC)c(=S)[nH]c2c1. The van der Waals surface area contributed by atoms with Crippen LogP contribution >= 0.6 is 12.2 Å². The van der Waals surface area contributed by atoms with Crippen molar-refractivity contribution in [3.05, 3.63) is 68.7 Å². The van der Waals surface area contributed by atoms with Crippen molar-refractivity contribution in [2.24, 2.45) is 0 Å². The van der Waals surface area contributed by atoms with Crippen molar-refractivity contribution in [1.82, 2.24) is 19.8 Å². The van der Waals surface area contributed by atoms with Crippen molar-refractivity contribution in [3.8, 4) is 5.75 Å². The van der Waals surface area contributed by atoms with Gasteiger partial charge in [-0.25, -0.2) is 0 Å². The number of likely N-dealkylation sites (N-methyl/N-ethyl adjacent to an activating group) is 1. The van der Waals surface area contributed by atoms with E-state index in [4.69, 9.17) is 17.0 Å². The van der Waals surface area contributed by atoms with Crippen LogP contribution in [-0.4, -0.2) is 53.6 Å². The predicted octanol–water partition coefficient (Wildman–Crippen LogP) is 3.19. The van der Waals surface area contributed by atoms with Crippen LogP contribution in [0.4, 0.5) is 0 Å². The summed E-state index contributed by atoms with van der Waals surface area (Å²) in [5.74, 6) is 0.521. The third-order valence-corrected chi connectivity index (χ3v) is 5.70. The number of carbonyl (C=O) groups is 1. The van der Waals surface area contributed by atoms with Crippen LogP contribution in [0.5, 0.6) is 5.75 Å². The molecule has 31 heavy (non-hydrogen) atoms. The van der Waals surface area contributed by atoms with E-state index in [1.54, 1.807) is 25.3 Å². The van der Waals surface area contributed by atoms with Crippen molar-refractivity contribution in [2.75, 3.05) is 33.3 Å². The van der Waals surface area contributed by atoms with E-state index in [1.807, 2.05) is 24.3 Å². The topological polar surface area (TPSA) is 79.4 Å². The first-order valence-electron chi connectivity index (χ1n) is 10.4. The second-order valence-electron chi connectivity index (χ2n) is 7.18. The molecule has 0 aliphatic heterocycles. The molecule has 3 rings (SSSR count). The summed E-state index contributed by atoms with van der Waals surface area (Å²) in [5, 5.41) is 3.41. The minimum atomic E-state index is -0.210. The Kier molecular flexibility index (Phi) is 7.59. The molecule has 0 unspecified atom stereocenters. The van der Waals surface area contributed by atoms with E-state index in [9.17, 15) is 9.59 Å². The number of hydrogen-bond donors (Lipinski definition) is 2. The lowest BCUT2D eigenvalue weighted by atomic mass is 10.1. The highest BCUT2D eigenvalue weighted by Gasteiger charge is 2.12. The molecule has 0 spiro atoms. The number of aromatic amines is 1. The van der Waals surface area contributed by atoms with Gasteiger partial charge in [-0.05, 0) is 49.6 Å². The van der Waals surface area contributed by atoms with Crippen molar-refractivity contribution in [1.29, 1.82) is 0 Å². The van der Waals surface area contributed by atoms with Gasteiger partial charge in [0, 0.05) is 24.2 Å². The molecule has 8 heteroatoms. The quantitative estimate of drug-likeness (QED) is 0.500. The van der Waals surface area contributed by atoms with Crippen molar-refractivity contribution in [3.63, 3.8) is 0 Å². The molecule has 0 bridgehead atoms. The minimum Gasteiger partial charge on any atom is -0.496 e. The number of H-pyrrole nitrogens is 1. The van der Waals surface area contributed by atoms with E-state index in [1.165, 1.54) is 4.57 Å². The predicted molar refractivity (Wildman–Crippen MR) is 126 cm³/mol. The minimum absolute atomic E-state index is 0.174. The lowest BCUT2D eigenvalue weighted by Gasteiger charge is -2.18. The Balaban J connectivity index is 1.85. The summed E-state index contributed by atoms with van der Waals surface area (Å²) >= 11 is 5.44. The Morgan fingerprint density at radius 1 is 1.19 bits per heavy atom. The lowest BCUT2D eigenvalue weighted by Crippen LogP contribution is -2.34. The smallest absolute Gasteiger partial charge is 0.262 e. The van der Waals surface area contributed by atoms with Crippen LogP contribution in [-0.2, 0) is 6.54 Å². The molecule has 0 saturated heterocycles. The normalized spacial score (nSPS) is 11.1. The molecular formula is C23H28N4O3S. The van der Waals surface area contributed by atoms with Gasteiger partial charge in [-0.2, -0.15) is 0 Å². The second kappa shape index (κ2) is 10.4. The van der Waals surface area contributed by atoms with Crippen molar-refractivity contribution < 1.29 is 9.53 Å². The molecule has 164 valence electrons. The fourth-order valence-electron chi connectivity index (χ4n) is 3.51. The first-order chi connectivity index (χ1) is 15.0. The van der Waals surface area contributed by atoms with Gasteiger partial charge in [0.15, 0.2) is 4.77 Å². The number of carbonyl (C=O) groups excluding carboxylic acids is 1. The van der Waals surface area contributed by atoms with Crippen LogP contribution in [0.1, 0.15) is 29.8 Å². The molecule has 0 fully saturated rings. The van der Waals surface area contributed by atoms with E-state index in [2.05, 4.69) is 29.0 Å². The Hall–Kier alpha value is -2.97. The molecule has 3 aromatic rings. The zero-order valence-corrected chi connectivity index (χ0v) is 18.9. The molecule has 2 aromatic carbocycles. The number of methoxy groups -OCH3 is 1. The summed E-state index contributed by atoms with van der Waals surface area (Å²) in [6, 6.07) is 12.5. The fourth-order valence-corrected chi connectivity index (χ4v) is 3.77. The number of nitrogens with zero attached hydrogens (tertiary/aromatic N) is 2. The van der Waals surface area contributed by atoms with Gasteiger partial charge in [-0.15, -0.1) is 0 Å². The third kappa shape index (κ3) is 5.21. The lowest BCUT2D eigenvalue weighted by molar-refractivity contribution is 0.0949. The monoisotopic (exact) mass is 440 g/mol. The Bertz CT molecular complexity index is 1180. The largest absolute Gasteiger partial charge is 0.496 e. The van der Waals surface area contributed by atoms with Gasteiger partial charge < -0.3 is 19.9 Å². The highest BCUT2D eigenvalue weighted by Crippen LogP contribution is 2.19. The number of amides is 1. The van der Waals surface area contributed by atoms with E-state index in [-0.39, 0.29) is 11.5 Å². The van der Waals surface area contributed by atoms with Gasteiger partial charge in [0.2, 0.25) is 0 Å². The number of rotatable bonds is 9. The van der Waals surface area contributed by atoms with Crippen LogP contribution < -0.4 is 15.6 Å². The van der Waals surface area contributed by atoms with Crippen LogP contribution in [0.15, 0.2) is 47.3 Å². The molecular weight excluding hydrogens is 412 g/mol. The standard InChI is InChI=1S/C23H28N4O3S/c1-4-26(5-2)13-12-24-21(28)16-10-11-18-19(14-16)25-23(31)27(22(18)29)15-17-8-6-7-9-20(17)30-3/h6-11,14H,4-5,12-13,15H2,1-3H3,(H,24,28)(H,25,31). The van der Waals surface area contributed by atoms with Gasteiger partial charge in [0.1, 0.15) is 5.75 Å². The molecule has 2 N–H and O–H groups in total. The maximum Gasteiger partial charge on any atom is 0.262 e. The van der Waals surface area contributed by atoms with Gasteiger partial charge in [-0.1, -0.05) is 32.0 Å². The summed E-state index contributed by atoms with van der Waals surface area (Å²) < 4.78 is 7.17. The van der Waals surface area contributed by atoms with Gasteiger partial charge in [0.05, 0.1) is 24.6 Å². The molecule has 0 aliphatic carbocycles. The molecule has 1 heterocycles. The first kappa shape index (κ1) is 22.7. The van der Waals surface area contributed by atoms with Crippen LogP contribution in [0.2, 0.25) is 0 Å². The number of hydrogen-bond acceptors (Lipinski definition) is 5. The molecule has 7 nitrogen and oxygen atoms in total. The van der Waals surface area contributed by atoms with E-state index >= 15 is 0 Å². The first-order valence-corrected chi connectivity index (χ1v) is 10.8. The number of benzene rings is 2. The zero-order valence-electron chi connectivity index (χ0n) is 18.1. The summed E-state index contributed by atoms with van der Waals surface area (Å²) in [5.41, 5.74) is 1.68. The molecule has 0 radical (unpaired) electrons. The average molecular weight is 441 g/mol. The summed E-state index contributed by atoms with van der Waals surface area (Å²) in [6.07, 6.45) is 0. The fraction of sp³-hybridized carbons (Fsp3) is 0.348. The average Bonchev–Trinajstić information content (AvgIpc) is 2.79. The Morgan fingerprint density at radius 2 is 1.94 bits per heavy atom. The summed E-state index contributed by atoms with van der Waals surface area (Å²) in [7, 11) is 1.59. The Labute approximate surface area is 186 Å². The third-order valence-electron chi connectivity index (χ3n) is 5.37. The zero-order chi connectivity index (χ0) is 22.4. The molecule has 1 amide bonds. The summed E-state index contributed by atoms with van der Waals surface area (Å²) in [6.45, 7) is 7.73. The van der Waals surface area contributed by atoms with Crippen LogP contribution in [0, 0.1) is 4.77 Å². The van der Waals surface area contributed by atoms with Gasteiger partial charge >= 0.3 is 0 Å². The van der Waals surface area contributed by atoms with E-state index in [0.29, 0.717) is 40.1 Å². The number of nitrogens with one attached hydrogen (secondary N) is 2. The Morgan fingerprint density at radius 3 is 2.65 bits per heavy atom. The molecule has 0 saturated carbocycles. The second-order valence-corrected chi connectivity index (χ2v) is 7.56. The summed E-state index contributed by atoms with van der Waals surface area (Å²) in [4.78, 5) is 30.9. The van der Waals surface area contributed by atoms with Crippen LogP contribution in [0.25, 0.3) is 10.9 Å². The van der Waals surface area contributed by atoms with E-state index in [0.717, 1.165) is 25.2 Å². The molecule has 0 aliphatic rings. The molecule has 0 atom stereocenters. The maximum absolute atomic E-state index is 13.1. The number of aromatic nitrogens is 2. The van der Waals surface area contributed by atoms with Crippen LogP contribution in [0.3, 0.4) is 0 Å². The van der Waals surface area contributed by atoms with Crippen molar-refractivity contribution >= 4 is 29.0 Å². The maximum atomic E-state index is 13.1.